The first kappa shape index (κ1) is 15.9. The molecule has 0 saturated carbocycles. The predicted octanol–water partition coefficient (Wildman–Crippen LogP) is 0.723. The Morgan fingerprint density at radius 3 is 2.05 bits per heavy atom. The summed E-state index contributed by atoms with van der Waals surface area (Å²) in [6, 6.07) is 5.71. The van der Waals surface area contributed by atoms with Crippen molar-refractivity contribution in [2.24, 2.45) is 0 Å². The van der Waals surface area contributed by atoms with E-state index in [4.69, 9.17) is 9.47 Å². The summed E-state index contributed by atoms with van der Waals surface area (Å²) in [6.45, 7) is 0. The fourth-order valence-electron chi connectivity index (χ4n) is 2.03. The molecule has 2 rings (SSSR count). The fourth-order valence-corrected chi connectivity index (χ4v) is 2.03. The summed E-state index contributed by atoms with van der Waals surface area (Å²) in [7, 11) is 2.25. The molecule has 1 heterocycles. The van der Waals surface area contributed by atoms with Gasteiger partial charge in [0.25, 0.3) is 5.69 Å². The highest BCUT2D eigenvalue weighted by molar-refractivity contribution is 5.86. The zero-order valence-electron chi connectivity index (χ0n) is 11.8. The molecule has 22 heavy (non-hydrogen) atoms. The van der Waals surface area contributed by atoms with Crippen molar-refractivity contribution in [3.63, 3.8) is 0 Å². The topological polar surface area (TPSA) is 114 Å². The number of carbonyl (C=O) groups is 2. The number of ether oxygens (including phenoxy) is 4. The van der Waals surface area contributed by atoms with E-state index in [2.05, 4.69) is 9.47 Å². The maximum Gasteiger partial charge on any atom is 0.338 e. The monoisotopic (exact) mass is 311 g/mol. The number of para-hydroxylation sites is 1. The van der Waals surface area contributed by atoms with Gasteiger partial charge in [-0.3, -0.25) is 10.1 Å². The lowest BCUT2D eigenvalue weighted by Gasteiger charge is -2.11. The van der Waals surface area contributed by atoms with Crippen molar-refractivity contribution in [1.82, 2.24) is 0 Å². The molecule has 0 N–H and O–H groups in total. The lowest BCUT2D eigenvalue weighted by Crippen LogP contribution is -2.38. The molecule has 9 nitrogen and oxygen atoms in total. The highest BCUT2D eigenvalue weighted by Crippen LogP contribution is 2.36. The van der Waals surface area contributed by atoms with Gasteiger partial charge in [-0.25, -0.2) is 9.59 Å². The van der Waals surface area contributed by atoms with E-state index in [-0.39, 0.29) is 11.3 Å². The van der Waals surface area contributed by atoms with Crippen molar-refractivity contribution in [2.45, 2.75) is 18.5 Å². The Kier molecular flexibility index (Phi) is 4.68. The summed E-state index contributed by atoms with van der Waals surface area (Å²) in [5, 5.41) is 11.0. The molecule has 1 aliphatic rings. The fraction of sp³-hybridized carbons (Fsp3) is 0.385. The summed E-state index contributed by atoms with van der Waals surface area (Å²) < 4.78 is 19.7. The highest BCUT2D eigenvalue weighted by atomic mass is 16.8. The highest BCUT2D eigenvalue weighted by Gasteiger charge is 2.48. The van der Waals surface area contributed by atoms with Gasteiger partial charge in [0.1, 0.15) is 0 Å². The molecule has 0 aliphatic carbocycles. The number of benzene rings is 1. The number of nitrogens with zero attached hydrogens (tertiary/aromatic N) is 1. The van der Waals surface area contributed by atoms with Crippen LogP contribution in [-0.2, 0) is 28.5 Å². The smallest absolute Gasteiger partial charge is 0.338 e. The van der Waals surface area contributed by atoms with Crippen molar-refractivity contribution in [2.75, 3.05) is 14.2 Å². The molecular formula is C13H13NO8. The quantitative estimate of drug-likeness (QED) is 0.454. The lowest BCUT2D eigenvalue weighted by atomic mass is 10.2. The van der Waals surface area contributed by atoms with Crippen molar-refractivity contribution in [3.05, 3.63) is 39.9 Å². The van der Waals surface area contributed by atoms with Gasteiger partial charge in [0, 0.05) is 6.07 Å². The minimum atomic E-state index is -1.36. The van der Waals surface area contributed by atoms with Gasteiger partial charge in [-0.2, -0.15) is 0 Å². The van der Waals surface area contributed by atoms with E-state index in [0.717, 1.165) is 14.2 Å². The Balaban J connectivity index is 2.33. The number of rotatable bonds is 4. The van der Waals surface area contributed by atoms with Crippen LogP contribution in [0.4, 0.5) is 5.69 Å². The molecule has 0 radical (unpaired) electrons. The second-order valence-electron chi connectivity index (χ2n) is 4.31. The average Bonchev–Trinajstić information content (AvgIpc) is 2.98. The number of nitro benzene ring substituents is 1. The van der Waals surface area contributed by atoms with E-state index in [1.807, 2.05) is 0 Å². The predicted molar refractivity (Wildman–Crippen MR) is 69.6 cm³/mol. The van der Waals surface area contributed by atoms with Gasteiger partial charge in [-0.15, -0.1) is 0 Å². The molecule has 0 spiro atoms. The summed E-state index contributed by atoms with van der Waals surface area (Å²) in [4.78, 5) is 33.8. The zero-order valence-corrected chi connectivity index (χ0v) is 11.8. The van der Waals surface area contributed by atoms with Crippen LogP contribution < -0.4 is 0 Å². The molecule has 1 saturated heterocycles. The van der Waals surface area contributed by atoms with Crippen molar-refractivity contribution in [1.29, 1.82) is 0 Å². The number of hydrogen-bond acceptors (Lipinski definition) is 8. The number of methoxy groups -OCH3 is 2. The Hall–Kier alpha value is -2.52. The van der Waals surface area contributed by atoms with Crippen LogP contribution in [0.2, 0.25) is 0 Å². The van der Waals surface area contributed by atoms with Crippen LogP contribution in [0, 0.1) is 10.1 Å². The summed E-state index contributed by atoms with van der Waals surface area (Å²) in [6.07, 6.45) is -3.97. The number of nitro groups is 1. The number of hydrogen-bond donors (Lipinski definition) is 0. The van der Waals surface area contributed by atoms with Gasteiger partial charge in [-0.1, -0.05) is 12.1 Å². The number of esters is 2. The van der Waals surface area contributed by atoms with Crippen LogP contribution in [0.1, 0.15) is 11.9 Å². The molecule has 0 aromatic heterocycles. The Morgan fingerprint density at radius 2 is 1.59 bits per heavy atom. The normalized spacial score (nSPS) is 23.8. The molecule has 1 aromatic rings. The molecule has 1 fully saturated rings. The molecule has 0 bridgehead atoms. The zero-order chi connectivity index (χ0) is 16.3. The van der Waals surface area contributed by atoms with E-state index >= 15 is 0 Å². The van der Waals surface area contributed by atoms with Crippen LogP contribution in [-0.4, -0.2) is 43.3 Å². The summed E-state index contributed by atoms with van der Waals surface area (Å²) in [5.74, 6) is -1.67. The lowest BCUT2D eigenvalue weighted by molar-refractivity contribution is -0.386. The van der Waals surface area contributed by atoms with Crippen molar-refractivity contribution >= 4 is 17.6 Å². The molecule has 1 aromatic carbocycles. The van der Waals surface area contributed by atoms with Gasteiger partial charge < -0.3 is 18.9 Å². The van der Waals surface area contributed by atoms with E-state index in [1.165, 1.54) is 18.2 Å². The first-order valence-electron chi connectivity index (χ1n) is 6.19. The Morgan fingerprint density at radius 1 is 1.09 bits per heavy atom. The molecule has 0 amide bonds. The Labute approximate surface area is 124 Å². The van der Waals surface area contributed by atoms with E-state index in [1.54, 1.807) is 6.07 Å². The van der Waals surface area contributed by atoms with Crippen LogP contribution in [0.3, 0.4) is 0 Å². The number of carbonyl (C=O) groups excluding carboxylic acids is 2. The summed E-state index contributed by atoms with van der Waals surface area (Å²) >= 11 is 0. The summed E-state index contributed by atoms with van der Waals surface area (Å²) in [5.41, 5.74) is -0.158. The minimum absolute atomic E-state index is 0.0906. The first-order valence-corrected chi connectivity index (χ1v) is 6.19. The maximum absolute atomic E-state index is 11.7. The van der Waals surface area contributed by atoms with Gasteiger partial charge in [-0.05, 0) is 6.07 Å². The second-order valence-corrected chi connectivity index (χ2v) is 4.31. The van der Waals surface area contributed by atoms with Crippen LogP contribution >= 0.6 is 0 Å². The maximum atomic E-state index is 11.7. The molecule has 9 heteroatoms. The molecule has 118 valence electrons. The second kappa shape index (κ2) is 6.50. The minimum Gasteiger partial charge on any atom is -0.467 e. The van der Waals surface area contributed by atoms with Gasteiger partial charge in [0.05, 0.1) is 24.7 Å². The molecular weight excluding hydrogens is 298 g/mol. The van der Waals surface area contributed by atoms with Crippen LogP contribution in [0.5, 0.6) is 0 Å². The van der Waals surface area contributed by atoms with E-state index in [0.29, 0.717) is 0 Å². The van der Waals surface area contributed by atoms with Crippen LogP contribution in [0.25, 0.3) is 0 Å². The van der Waals surface area contributed by atoms with Crippen LogP contribution in [0.15, 0.2) is 24.3 Å². The van der Waals surface area contributed by atoms with Gasteiger partial charge >= 0.3 is 11.9 Å². The largest absolute Gasteiger partial charge is 0.467 e. The average molecular weight is 311 g/mol. The molecule has 1 aliphatic heterocycles. The third-order valence-electron chi connectivity index (χ3n) is 3.07. The van der Waals surface area contributed by atoms with E-state index in [9.17, 15) is 19.7 Å². The first-order chi connectivity index (χ1) is 10.5. The van der Waals surface area contributed by atoms with Crippen molar-refractivity contribution in [3.8, 4) is 0 Å². The third-order valence-corrected chi connectivity index (χ3v) is 3.07. The molecule has 2 unspecified atom stereocenters. The molecule has 2 atom stereocenters. The van der Waals surface area contributed by atoms with Gasteiger partial charge in [0.2, 0.25) is 0 Å². The Bertz CT molecular complexity index is 577. The van der Waals surface area contributed by atoms with Crippen molar-refractivity contribution < 1.29 is 33.5 Å². The van der Waals surface area contributed by atoms with E-state index < -0.39 is 35.4 Å². The standard InChI is InChI=1S/C13H13NO8/c1-19-11(15)9-10(12(16)20-2)22-13(21-9)7-5-3-4-6-8(7)14(17)18/h3-6,9-10,13H,1-2H3. The SMILES string of the molecule is COC(=O)C1OC(c2ccccc2[N+](=O)[O-])OC1C(=O)OC. The third kappa shape index (κ3) is 2.90. The van der Waals surface area contributed by atoms with Gasteiger partial charge in [0.15, 0.2) is 18.5 Å².